The fourth-order valence-corrected chi connectivity index (χ4v) is 2.65. The van der Waals surface area contributed by atoms with E-state index in [0.717, 1.165) is 24.0 Å². The van der Waals surface area contributed by atoms with Gasteiger partial charge in [-0.15, -0.1) is 0 Å². The van der Waals surface area contributed by atoms with Crippen LogP contribution in [0.4, 0.5) is 0 Å². The first-order chi connectivity index (χ1) is 11.5. The van der Waals surface area contributed by atoms with Crippen LogP contribution in [0.25, 0.3) is 10.9 Å². The number of hydrogen-bond donors (Lipinski definition) is 2. The number of rotatable bonds is 7. The van der Waals surface area contributed by atoms with Crippen molar-refractivity contribution in [2.24, 2.45) is 5.73 Å². The molecule has 0 unspecified atom stereocenters. The van der Waals surface area contributed by atoms with E-state index in [1.165, 1.54) is 10.9 Å². The quantitative estimate of drug-likeness (QED) is 0.680. The van der Waals surface area contributed by atoms with Crippen LogP contribution < -0.4 is 5.73 Å². The predicted molar refractivity (Wildman–Crippen MR) is 90.6 cm³/mol. The topological polar surface area (TPSA) is 101 Å². The molecule has 1 aromatic carbocycles. The van der Waals surface area contributed by atoms with Gasteiger partial charge in [-0.2, -0.15) is 4.98 Å². The number of aromatic amines is 1. The summed E-state index contributed by atoms with van der Waals surface area (Å²) in [5.41, 5.74) is 8.63. The minimum absolute atomic E-state index is 0.00493. The normalized spacial score (nSPS) is 11.5. The summed E-state index contributed by atoms with van der Waals surface area (Å²) >= 11 is 0. The molecule has 0 bridgehead atoms. The van der Waals surface area contributed by atoms with Crippen LogP contribution in [-0.4, -0.2) is 46.6 Å². The molecule has 0 aliphatic carbocycles. The van der Waals surface area contributed by atoms with Crippen molar-refractivity contribution < 1.29 is 9.32 Å². The van der Waals surface area contributed by atoms with E-state index in [9.17, 15) is 4.79 Å². The van der Waals surface area contributed by atoms with Gasteiger partial charge in [0.05, 0.1) is 12.8 Å². The molecule has 0 aliphatic rings. The molecule has 0 aliphatic heterocycles. The number of carbonyl (C=O) groups excluding carboxylic acids is 1. The van der Waals surface area contributed by atoms with Crippen LogP contribution in [0.2, 0.25) is 0 Å². The van der Waals surface area contributed by atoms with Gasteiger partial charge in [0, 0.05) is 23.6 Å². The van der Waals surface area contributed by atoms with Gasteiger partial charge in [-0.25, -0.2) is 0 Å². The van der Waals surface area contributed by atoms with E-state index >= 15 is 0 Å². The summed E-state index contributed by atoms with van der Waals surface area (Å²) in [7, 11) is 4.14. The summed E-state index contributed by atoms with van der Waals surface area (Å²) < 4.78 is 5.19. The molecule has 2 heterocycles. The number of carbonyl (C=O) groups is 1. The number of nitrogens with zero attached hydrogens (tertiary/aromatic N) is 3. The SMILES string of the molecule is CN(C)CCc1c[nH]c2ccc(Cc3nc(CC(N)=O)no3)cc12. The lowest BCUT2D eigenvalue weighted by Gasteiger charge is -2.08. The number of benzene rings is 1. The molecule has 0 fully saturated rings. The molecular weight excluding hydrogens is 306 g/mol. The molecule has 1 amide bonds. The second-order valence-electron chi connectivity index (χ2n) is 6.17. The molecule has 3 aromatic rings. The number of likely N-dealkylation sites (N-methyl/N-ethyl adjacent to an activating group) is 1. The molecule has 0 atom stereocenters. The van der Waals surface area contributed by atoms with Crippen molar-refractivity contribution in [3.63, 3.8) is 0 Å². The highest BCUT2D eigenvalue weighted by Crippen LogP contribution is 2.22. The Morgan fingerprint density at radius 2 is 2.21 bits per heavy atom. The Morgan fingerprint density at radius 3 is 2.96 bits per heavy atom. The number of nitrogens with one attached hydrogen (secondary N) is 1. The third-order valence-corrected chi connectivity index (χ3v) is 3.86. The summed E-state index contributed by atoms with van der Waals surface area (Å²) in [6.45, 7) is 0.997. The first-order valence-corrected chi connectivity index (χ1v) is 7.84. The second kappa shape index (κ2) is 6.84. The van der Waals surface area contributed by atoms with E-state index in [2.05, 4.69) is 52.4 Å². The van der Waals surface area contributed by atoms with Crippen molar-refractivity contribution in [2.75, 3.05) is 20.6 Å². The smallest absolute Gasteiger partial charge is 0.231 e. The Labute approximate surface area is 139 Å². The Morgan fingerprint density at radius 1 is 1.38 bits per heavy atom. The molecule has 0 saturated carbocycles. The Kier molecular flexibility index (Phi) is 4.61. The van der Waals surface area contributed by atoms with Crippen LogP contribution in [0.3, 0.4) is 0 Å². The van der Waals surface area contributed by atoms with Gasteiger partial charge in [-0.3, -0.25) is 4.79 Å². The number of aromatic nitrogens is 3. The fourth-order valence-electron chi connectivity index (χ4n) is 2.65. The zero-order valence-electron chi connectivity index (χ0n) is 13.9. The number of fused-ring (bicyclic) bond motifs is 1. The van der Waals surface area contributed by atoms with Crippen molar-refractivity contribution in [2.45, 2.75) is 19.3 Å². The van der Waals surface area contributed by atoms with E-state index in [4.69, 9.17) is 10.3 Å². The van der Waals surface area contributed by atoms with Crippen LogP contribution in [0.5, 0.6) is 0 Å². The molecule has 3 rings (SSSR count). The van der Waals surface area contributed by atoms with Crippen molar-refractivity contribution in [1.29, 1.82) is 0 Å². The van der Waals surface area contributed by atoms with Crippen molar-refractivity contribution in [1.82, 2.24) is 20.0 Å². The lowest BCUT2D eigenvalue weighted by Crippen LogP contribution is -2.14. The van der Waals surface area contributed by atoms with Crippen LogP contribution in [0.1, 0.15) is 22.8 Å². The van der Waals surface area contributed by atoms with E-state index in [-0.39, 0.29) is 6.42 Å². The second-order valence-corrected chi connectivity index (χ2v) is 6.17. The van der Waals surface area contributed by atoms with Crippen LogP contribution in [-0.2, 0) is 24.1 Å². The van der Waals surface area contributed by atoms with Gasteiger partial charge in [0.25, 0.3) is 0 Å². The summed E-state index contributed by atoms with van der Waals surface area (Å²) in [5.74, 6) is 0.337. The zero-order chi connectivity index (χ0) is 17.1. The summed E-state index contributed by atoms with van der Waals surface area (Å²) in [4.78, 5) is 20.6. The van der Waals surface area contributed by atoms with Gasteiger partial charge < -0.3 is 20.1 Å². The van der Waals surface area contributed by atoms with E-state index in [0.29, 0.717) is 18.1 Å². The monoisotopic (exact) mass is 327 g/mol. The van der Waals surface area contributed by atoms with Crippen molar-refractivity contribution in [3.8, 4) is 0 Å². The third-order valence-electron chi connectivity index (χ3n) is 3.86. The highest BCUT2D eigenvalue weighted by molar-refractivity contribution is 5.84. The summed E-state index contributed by atoms with van der Waals surface area (Å²) in [6.07, 6.45) is 3.57. The largest absolute Gasteiger partial charge is 0.369 e. The number of H-pyrrole nitrogens is 1. The maximum atomic E-state index is 10.9. The first kappa shape index (κ1) is 16.2. The molecule has 0 radical (unpaired) electrons. The Balaban J connectivity index is 1.78. The van der Waals surface area contributed by atoms with Gasteiger partial charge in [-0.05, 0) is 43.8 Å². The Hall–Kier alpha value is -2.67. The molecule has 126 valence electrons. The molecular formula is C17H21N5O2. The summed E-state index contributed by atoms with van der Waals surface area (Å²) in [6, 6.07) is 6.24. The molecule has 7 nitrogen and oxygen atoms in total. The predicted octanol–water partition coefficient (Wildman–Crippen LogP) is 1.27. The van der Waals surface area contributed by atoms with Crippen LogP contribution >= 0.6 is 0 Å². The average Bonchev–Trinajstić information content (AvgIpc) is 3.11. The molecule has 0 spiro atoms. The number of hydrogen-bond acceptors (Lipinski definition) is 5. The number of nitrogens with two attached hydrogens (primary N) is 1. The van der Waals surface area contributed by atoms with Gasteiger partial charge in [0.2, 0.25) is 11.8 Å². The standard InChI is InChI=1S/C17H21N5O2/c1-22(2)6-5-12-10-19-14-4-3-11(7-13(12)14)8-17-20-16(21-24-17)9-15(18)23/h3-4,7,10,19H,5-6,8-9H2,1-2H3,(H2,18,23). The highest BCUT2D eigenvalue weighted by atomic mass is 16.5. The van der Waals surface area contributed by atoms with Crippen molar-refractivity contribution in [3.05, 3.63) is 47.2 Å². The average molecular weight is 327 g/mol. The van der Waals surface area contributed by atoms with E-state index in [1.54, 1.807) is 0 Å². The zero-order valence-corrected chi connectivity index (χ0v) is 13.9. The molecule has 0 saturated heterocycles. The van der Waals surface area contributed by atoms with Crippen LogP contribution in [0, 0.1) is 0 Å². The minimum Gasteiger partial charge on any atom is -0.369 e. The van der Waals surface area contributed by atoms with Crippen LogP contribution in [0.15, 0.2) is 28.9 Å². The highest BCUT2D eigenvalue weighted by Gasteiger charge is 2.11. The van der Waals surface area contributed by atoms with Gasteiger partial charge in [-0.1, -0.05) is 11.2 Å². The lowest BCUT2D eigenvalue weighted by molar-refractivity contribution is -0.117. The lowest BCUT2D eigenvalue weighted by atomic mass is 10.1. The fraction of sp³-hybridized carbons (Fsp3) is 0.353. The Bertz CT molecular complexity index is 850. The number of primary amides is 1. The summed E-state index contributed by atoms with van der Waals surface area (Å²) in [5, 5.41) is 4.99. The third kappa shape index (κ3) is 3.80. The minimum atomic E-state index is -0.471. The molecule has 24 heavy (non-hydrogen) atoms. The van der Waals surface area contributed by atoms with E-state index < -0.39 is 5.91 Å². The molecule has 7 heteroatoms. The first-order valence-electron chi connectivity index (χ1n) is 7.84. The maximum Gasteiger partial charge on any atom is 0.231 e. The van der Waals surface area contributed by atoms with E-state index in [1.807, 2.05) is 6.07 Å². The maximum absolute atomic E-state index is 10.9. The molecule has 3 N–H and O–H groups in total. The molecule has 2 aromatic heterocycles. The van der Waals surface area contributed by atoms with Gasteiger partial charge >= 0.3 is 0 Å². The van der Waals surface area contributed by atoms with Crippen molar-refractivity contribution >= 4 is 16.8 Å². The van der Waals surface area contributed by atoms with Gasteiger partial charge in [0.15, 0.2) is 5.82 Å². The number of amides is 1. The van der Waals surface area contributed by atoms with Gasteiger partial charge in [0.1, 0.15) is 0 Å².